The summed E-state index contributed by atoms with van der Waals surface area (Å²) in [6.45, 7) is 1.63. The number of hydrogen-bond acceptors (Lipinski definition) is 3. The van der Waals surface area contributed by atoms with Crippen LogP contribution in [-0.4, -0.2) is 23.4 Å². The molecule has 0 bridgehead atoms. The molecule has 23 heavy (non-hydrogen) atoms. The molecule has 2 aromatic carbocycles. The van der Waals surface area contributed by atoms with E-state index in [-0.39, 0.29) is 12.5 Å². The number of nitrogens with zero attached hydrogens (tertiary/aromatic N) is 1. The highest BCUT2D eigenvalue weighted by atomic mass is 35.5. The first-order valence-corrected chi connectivity index (χ1v) is 7.46. The van der Waals surface area contributed by atoms with E-state index >= 15 is 0 Å². The fraction of sp³-hybridized carbons (Fsp3) is 0.111. The summed E-state index contributed by atoms with van der Waals surface area (Å²) < 4.78 is 7.03. The highest BCUT2D eigenvalue weighted by Gasteiger charge is 2.18. The van der Waals surface area contributed by atoms with Gasteiger partial charge in [-0.05, 0) is 37.3 Å². The minimum absolute atomic E-state index is 0.126. The van der Waals surface area contributed by atoms with Gasteiger partial charge < -0.3 is 4.74 Å². The van der Waals surface area contributed by atoms with Gasteiger partial charge in [-0.1, -0.05) is 29.8 Å². The molecule has 4 nitrogen and oxygen atoms in total. The molecule has 0 spiro atoms. The number of hydrogen-bond donors (Lipinski definition) is 0. The zero-order valence-electron chi connectivity index (χ0n) is 12.5. The molecule has 0 amide bonds. The number of para-hydroxylation sites is 1. The molecule has 3 rings (SSSR count). The Morgan fingerprint density at radius 2 is 1.87 bits per heavy atom. The second-order valence-corrected chi connectivity index (χ2v) is 5.54. The molecule has 116 valence electrons. The van der Waals surface area contributed by atoms with Crippen LogP contribution in [0.25, 0.3) is 10.9 Å². The maximum atomic E-state index is 12.5. The van der Waals surface area contributed by atoms with Gasteiger partial charge >= 0.3 is 0 Å². The summed E-state index contributed by atoms with van der Waals surface area (Å²) in [4.78, 5) is 23.9. The van der Waals surface area contributed by atoms with Crippen molar-refractivity contribution >= 4 is 34.7 Å². The van der Waals surface area contributed by atoms with Gasteiger partial charge in [0.2, 0.25) is 0 Å². The first-order chi connectivity index (χ1) is 11.1. The molecule has 0 aliphatic rings. The van der Waals surface area contributed by atoms with Crippen molar-refractivity contribution in [1.29, 1.82) is 0 Å². The van der Waals surface area contributed by atoms with Crippen LogP contribution in [0.4, 0.5) is 0 Å². The maximum absolute atomic E-state index is 12.5. The third-order valence-electron chi connectivity index (χ3n) is 3.70. The fourth-order valence-corrected chi connectivity index (χ4v) is 2.73. The van der Waals surface area contributed by atoms with Crippen molar-refractivity contribution in [3.8, 4) is 5.75 Å². The van der Waals surface area contributed by atoms with Gasteiger partial charge in [0, 0.05) is 21.7 Å². The summed E-state index contributed by atoms with van der Waals surface area (Å²) in [5, 5.41) is 1.37. The van der Waals surface area contributed by atoms with E-state index in [0.717, 1.165) is 11.7 Å². The second-order valence-electron chi connectivity index (χ2n) is 5.11. The van der Waals surface area contributed by atoms with Crippen molar-refractivity contribution in [1.82, 2.24) is 4.57 Å². The van der Waals surface area contributed by atoms with Crippen molar-refractivity contribution in [2.24, 2.45) is 0 Å². The fourth-order valence-electron chi connectivity index (χ4n) is 2.60. The van der Waals surface area contributed by atoms with E-state index in [4.69, 9.17) is 16.3 Å². The number of carbonyl (C=O) groups excluding carboxylic acids is 2. The van der Waals surface area contributed by atoms with Crippen molar-refractivity contribution in [2.75, 3.05) is 6.61 Å². The Bertz CT molecular complexity index is 881. The van der Waals surface area contributed by atoms with E-state index in [1.54, 1.807) is 31.2 Å². The molecule has 5 heteroatoms. The van der Waals surface area contributed by atoms with E-state index < -0.39 is 0 Å². The van der Waals surface area contributed by atoms with Gasteiger partial charge in [0.15, 0.2) is 12.9 Å². The van der Waals surface area contributed by atoms with Crippen LogP contribution in [-0.2, 0) is 0 Å². The standard InChI is InChI=1S/C18H14ClNO3/c1-12-16(10-21)15-4-2-3-5-17(15)20(12)18(22)11-23-14-8-6-13(19)7-9-14/h2-10H,11H2,1H3. The molecule has 0 atom stereocenters. The van der Waals surface area contributed by atoms with Crippen LogP contribution in [0.1, 0.15) is 20.8 Å². The normalized spacial score (nSPS) is 10.7. The Labute approximate surface area is 138 Å². The monoisotopic (exact) mass is 327 g/mol. The van der Waals surface area contributed by atoms with Gasteiger partial charge in [-0.25, -0.2) is 0 Å². The number of aldehydes is 1. The maximum Gasteiger partial charge on any atom is 0.269 e. The topological polar surface area (TPSA) is 48.3 Å². The number of fused-ring (bicyclic) bond motifs is 1. The van der Waals surface area contributed by atoms with E-state index in [1.807, 2.05) is 24.3 Å². The van der Waals surface area contributed by atoms with E-state index in [9.17, 15) is 9.59 Å². The molecule has 1 aromatic heterocycles. The lowest BCUT2D eigenvalue weighted by molar-refractivity contribution is 0.0841. The smallest absolute Gasteiger partial charge is 0.269 e. The lowest BCUT2D eigenvalue weighted by Gasteiger charge is -2.09. The molecule has 0 fully saturated rings. The first kappa shape index (κ1) is 15.3. The number of aromatic nitrogens is 1. The summed E-state index contributed by atoms with van der Waals surface area (Å²) >= 11 is 5.82. The van der Waals surface area contributed by atoms with Crippen LogP contribution in [0.5, 0.6) is 5.75 Å². The largest absolute Gasteiger partial charge is 0.484 e. The average molecular weight is 328 g/mol. The minimum Gasteiger partial charge on any atom is -0.484 e. The zero-order valence-corrected chi connectivity index (χ0v) is 13.2. The average Bonchev–Trinajstić information content (AvgIpc) is 2.85. The predicted octanol–water partition coefficient (Wildman–Crippen LogP) is 4.13. The lowest BCUT2D eigenvalue weighted by Crippen LogP contribution is -2.20. The minimum atomic E-state index is -0.234. The van der Waals surface area contributed by atoms with Crippen LogP contribution in [0, 0.1) is 6.92 Å². The molecule has 0 saturated carbocycles. The van der Waals surface area contributed by atoms with Gasteiger partial charge in [-0.15, -0.1) is 0 Å². The van der Waals surface area contributed by atoms with E-state index in [1.165, 1.54) is 4.57 Å². The predicted molar refractivity (Wildman–Crippen MR) is 89.6 cm³/mol. The van der Waals surface area contributed by atoms with Crippen molar-refractivity contribution in [3.63, 3.8) is 0 Å². The molecule has 3 aromatic rings. The summed E-state index contributed by atoms with van der Waals surface area (Å²) in [5.41, 5.74) is 1.85. The number of ether oxygens (including phenoxy) is 1. The Hall–Kier alpha value is -2.59. The van der Waals surface area contributed by atoms with Gasteiger partial charge in [-0.3, -0.25) is 14.2 Å². The van der Waals surface area contributed by atoms with Gasteiger partial charge in [0.1, 0.15) is 5.75 Å². The Morgan fingerprint density at radius 1 is 1.17 bits per heavy atom. The van der Waals surface area contributed by atoms with Crippen LogP contribution in [0.2, 0.25) is 5.02 Å². The van der Waals surface area contributed by atoms with Crippen LogP contribution in [0.3, 0.4) is 0 Å². The SMILES string of the molecule is Cc1c(C=O)c2ccccc2n1C(=O)COc1ccc(Cl)cc1. The Kier molecular flexibility index (Phi) is 4.17. The van der Waals surface area contributed by atoms with E-state index in [2.05, 4.69) is 0 Å². The van der Waals surface area contributed by atoms with Crippen molar-refractivity contribution in [2.45, 2.75) is 6.92 Å². The summed E-state index contributed by atoms with van der Waals surface area (Å²) in [6, 6.07) is 14.1. The first-order valence-electron chi connectivity index (χ1n) is 7.08. The van der Waals surface area contributed by atoms with Crippen molar-refractivity contribution in [3.05, 3.63) is 64.8 Å². The highest BCUT2D eigenvalue weighted by molar-refractivity contribution is 6.30. The molecule has 0 aliphatic heterocycles. The lowest BCUT2D eigenvalue weighted by atomic mass is 10.1. The molecule has 0 unspecified atom stereocenters. The quantitative estimate of drug-likeness (QED) is 0.677. The molecule has 0 saturated heterocycles. The number of rotatable bonds is 4. The number of halogens is 1. The second kappa shape index (κ2) is 6.26. The summed E-state index contributed by atoms with van der Waals surface area (Å²) in [5.74, 6) is 0.328. The highest BCUT2D eigenvalue weighted by Crippen LogP contribution is 2.24. The Morgan fingerprint density at radius 3 is 2.57 bits per heavy atom. The zero-order chi connectivity index (χ0) is 16.4. The molecule has 1 heterocycles. The van der Waals surface area contributed by atoms with Crippen LogP contribution >= 0.6 is 11.6 Å². The Balaban J connectivity index is 1.90. The number of carbonyl (C=O) groups is 2. The third kappa shape index (κ3) is 2.85. The third-order valence-corrected chi connectivity index (χ3v) is 3.96. The molecular weight excluding hydrogens is 314 g/mol. The van der Waals surface area contributed by atoms with Crippen molar-refractivity contribution < 1.29 is 14.3 Å². The number of benzene rings is 2. The van der Waals surface area contributed by atoms with Gasteiger partial charge in [0.25, 0.3) is 5.91 Å². The van der Waals surface area contributed by atoms with Gasteiger partial charge in [0.05, 0.1) is 5.52 Å². The molecule has 0 radical (unpaired) electrons. The summed E-state index contributed by atoms with van der Waals surface area (Å²) in [6.07, 6.45) is 0.779. The molecule has 0 N–H and O–H groups in total. The molecule has 0 aliphatic carbocycles. The van der Waals surface area contributed by atoms with E-state index in [0.29, 0.717) is 27.5 Å². The summed E-state index contributed by atoms with van der Waals surface area (Å²) in [7, 11) is 0. The van der Waals surface area contributed by atoms with Gasteiger partial charge in [-0.2, -0.15) is 0 Å². The van der Waals surface area contributed by atoms with Crippen LogP contribution in [0.15, 0.2) is 48.5 Å². The van der Waals surface area contributed by atoms with Crippen LogP contribution < -0.4 is 4.74 Å². The molecular formula is C18H14ClNO3.